The molecular weight excluding hydrogens is 359 g/mol. The predicted molar refractivity (Wildman–Crippen MR) is 105 cm³/mol. The first-order valence-corrected chi connectivity index (χ1v) is 8.67. The van der Waals surface area contributed by atoms with Gasteiger partial charge in [0.1, 0.15) is 11.5 Å². The van der Waals surface area contributed by atoms with Gasteiger partial charge >= 0.3 is 0 Å². The van der Waals surface area contributed by atoms with Crippen LogP contribution in [0.25, 0.3) is 0 Å². The van der Waals surface area contributed by atoms with Gasteiger partial charge in [-0.3, -0.25) is 10.2 Å². The van der Waals surface area contributed by atoms with Crippen molar-refractivity contribution in [1.82, 2.24) is 16.0 Å². The smallest absolute Gasteiger partial charge is 0.274 e. The van der Waals surface area contributed by atoms with E-state index in [1.807, 2.05) is 19.9 Å². The van der Waals surface area contributed by atoms with Crippen molar-refractivity contribution in [3.8, 4) is 0 Å². The molecule has 25 heavy (non-hydrogen) atoms. The van der Waals surface area contributed by atoms with Crippen LogP contribution in [-0.2, 0) is 11.3 Å². The molecule has 7 heteroatoms. The molecule has 1 amide bonds. The molecule has 0 heterocycles. The summed E-state index contributed by atoms with van der Waals surface area (Å²) in [7, 11) is 0. The van der Waals surface area contributed by atoms with Gasteiger partial charge in [-0.2, -0.15) is 0 Å². The van der Waals surface area contributed by atoms with Crippen molar-refractivity contribution in [1.29, 1.82) is 5.41 Å². The van der Waals surface area contributed by atoms with Crippen LogP contribution in [0.1, 0.15) is 33.3 Å². The van der Waals surface area contributed by atoms with Gasteiger partial charge in [-0.25, -0.2) is 0 Å². The number of hydrogen-bond acceptors (Lipinski definition) is 4. The Balaban J connectivity index is 2.63. The van der Waals surface area contributed by atoms with E-state index < -0.39 is 5.91 Å². The summed E-state index contributed by atoms with van der Waals surface area (Å²) in [6, 6.07) is 5.58. The molecule has 0 aliphatic carbocycles. The van der Waals surface area contributed by atoms with E-state index >= 15 is 0 Å². The standard InChI is InChI=1S/C18H24Cl2N4O/c1-5-16(23-10-13-6-7-14(19)15(20)8-13)24-18(25)17(21)12(4)9-22-11(2)3/h5-9,11,21-23H,10H2,1-4H3,(H,24,25)/b12-9-,16-5+,21-17?. The van der Waals surface area contributed by atoms with Crippen LogP contribution in [-0.4, -0.2) is 17.7 Å². The Hall–Kier alpha value is -1.98. The van der Waals surface area contributed by atoms with Crippen LogP contribution in [0.15, 0.2) is 41.9 Å². The zero-order chi connectivity index (χ0) is 19.0. The van der Waals surface area contributed by atoms with Crippen LogP contribution in [0.3, 0.4) is 0 Å². The van der Waals surface area contributed by atoms with Gasteiger partial charge in [0.2, 0.25) is 0 Å². The quantitative estimate of drug-likeness (QED) is 0.513. The molecule has 4 N–H and O–H groups in total. The molecule has 0 radical (unpaired) electrons. The van der Waals surface area contributed by atoms with Gasteiger partial charge in [-0.15, -0.1) is 0 Å². The lowest BCUT2D eigenvalue weighted by Gasteiger charge is -2.14. The average molecular weight is 383 g/mol. The Bertz CT molecular complexity index is 696. The number of nitrogens with one attached hydrogen (secondary N) is 4. The van der Waals surface area contributed by atoms with Gasteiger partial charge in [0, 0.05) is 18.8 Å². The average Bonchev–Trinajstić information content (AvgIpc) is 2.58. The molecule has 0 saturated heterocycles. The largest absolute Gasteiger partial charge is 0.388 e. The Morgan fingerprint density at radius 2 is 1.96 bits per heavy atom. The molecule has 0 aromatic heterocycles. The maximum Gasteiger partial charge on any atom is 0.274 e. The minimum atomic E-state index is -0.478. The van der Waals surface area contributed by atoms with Gasteiger partial charge in [0.05, 0.1) is 10.0 Å². The van der Waals surface area contributed by atoms with E-state index in [9.17, 15) is 4.79 Å². The number of halogens is 2. The Morgan fingerprint density at radius 3 is 2.52 bits per heavy atom. The Morgan fingerprint density at radius 1 is 1.28 bits per heavy atom. The highest BCUT2D eigenvalue weighted by Gasteiger charge is 2.12. The molecule has 5 nitrogen and oxygen atoms in total. The monoisotopic (exact) mass is 382 g/mol. The lowest BCUT2D eigenvalue weighted by molar-refractivity contribution is -0.114. The number of benzene rings is 1. The third-order valence-electron chi connectivity index (χ3n) is 3.26. The van der Waals surface area contributed by atoms with Crippen molar-refractivity contribution in [3.05, 3.63) is 57.5 Å². The molecule has 1 aromatic rings. The van der Waals surface area contributed by atoms with Crippen molar-refractivity contribution >= 4 is 34.8 Å². The minimum Gasteiger partial charge on any atom is -0.388 e. The molecule has 0 atom stereocenters. The van der Waals surface area contributed by atoms with Crippen molar-refractivity contribution in [2.75, 3.05) is 0 Å². The molecule has 136 valence electrons. The lowest BCUT2D eigenvalue weighted by Crippen LogP contribution is -2.36. The SMILES string of the molecule is C/C=C(\NCc1ccc(Cl)c(Cl)c1)NC(=O)C(=N)/C(C)=C\NC(C)C. The van der Waals surface area contributed by atoms with Crippen LogP contribution in [0, 0.1) is 5.41 Å². The number of amides is 1. The molecule has 0 unspecified atom stereocenters. The second kappa shape index (κ2) is 10.1. The van der Waals surface area contributed by atoms with Crippen LogP contribution in [0.2, 0.25) is 10.0 Å². The van der Waals surface area contributed by atoms with Gasteiger partial charge < -0.3 is 16.0 Å². The van der Waals surface area contributed by atoms with Gasteiger partial charge in [0.15, 0.2) is 0 Å². The normalized spacial score (nSPS) is 12.1. The molecule has 0 spiro atoms. The highest BCUT2D eigenvalue weighted by molar-refractivity contribution is 6.44. The summed E-state index contributed by atoms with van der Waals surface area (Å²) in [6.45, 7) is 7.95. The summed E-state index contributed by atoms with van der Waals surface area (Å²) in [6.07, 6.45) is 3.40. The van der Waals surface area contributed by atoms with Gasteiger partial charge in [-0.05, 0) is 57.0 Å². The number of rotatable bonds is 8. The molecule has 1 aromatic carbocycles. The zero-order valence-electron chi connectivity index (χ0n) is 14.8. The minimum absolute atomic E-state index is 0.0937. The van der Waals surface area contributed by atoms with Crippen LogP contribution in [0.5, 0.6) is 0 Å². The topological polar surface area (TPSA) is 77.0 Å². The summed E-state index contributed by atoms with van der Waals surface area (Å²) in [4.78, 5) is 12.2. The Labute approximate surface area is 159 Å². The molecule has 0 aliphatic rings. The predicted octanol–water partition coefficient (Wildman–Crippen LogP) is 3.98. The summed E-state index contributed by atoms with van der Waals surface area (Å²) in [5.41, 5.74) is 1.39. The van der Waals surface area contributed by atoms with E-state index in [4.69, 9.17) is 28.6 Å². The third kappa shape index (κ3) is 7.20. The molecule has 0 saturated carbocycles. The highest BCUT2D eigenvalue weighted by Crippen LogP contribution is 2.22. The van der Waals surface area contributed by atoms with E-state index in [-0.39, 0.29) is 11.8 Å². The van der Waals surface area contributed by atoms with E-state index in [2.05, 4.69) is 16.0 Å². The number of hydrogen-bond donors (Lipinski definition) is 4. The van der Waals surface area contributed by atoms with Crippen LogP contribution >= 0.6 is 23.2 Å². The first kappa shape index (κ1) is 21.1. The van der Waals surface area contributed by atoms with Crippen molar-refractivity contribution in [2.45, 2.75) is 40.3 Å². The second-order valence-corrected chi connectivity index (χ2v) is 6.60. The number of carbonyl (C=O) groups is 1. The summed E-state index contributed by atoms with van der Waals surface area (Å²) >= 11 is 11.9. The van der Waals surface area contributed by atoms with Crippen molar-refractivity contribution < 1.29 is 4.79 Å². The first-order chi connectivity index (χ1) is 11.7. The number of allylic oxidation sites excluding steroid dienone is 1. The van der Waals surface area contributed by atoms with E-state index in [0.29, 0.717) is 28.0 Å². The third-order valence-corrected chi connectivity index (χ3v) is 4.00. The first-order valence-electron chi connectivity index (χ1n) is 7.91. The Kier molecular flexibility index (Phi) is 8.52. The summed E-state index contributed by atoms with van der Waals surface area (Å²) < 4.78 is 0. The fourth-order valence-electron chi connectivity index (χ4n) is 1.79. The molecular formula is C18H24Cl2N4O. The van der Waals surface area contributed by atoms with Crippen molar-refractivity contribution in [2.24, 2.45) is 0 Å². The fourth-order valence-corrected chi connectivity index (χ4v) is 2.11. The van der Waals surface area contributed by atoms with E-state index in [0.717, 1.165) is 5.56 Å². The maximum atomic E-state index is 12.2. The summed E-state index contributed by atoms with van der Waals surface area (Å²) in [5.74, 6) is 0.0412. The van der Waals surface area contributed by atoms with Crippen LogP contribution < -0.4 is 16.0 Å². The molecule has 1 rings (SSSR count). The number of carbonyl (C=O) groups excluding carboxylic acids is 1. The molecule has 0 bridgehead atoms. The lowest BCUT2D eigenvalue weighted by atomic mass is 10.2. The maximum absolute atomic E-state index is 12.2. The fraction of sp³-hybridized carbons (Fsp3) is 0.333. The van der Waals surface area contributed by atoms with E-state index in [1.165, 1.54) is 0 Å². The molecule has 0 fully saturated rings. The van der Waals surface area contributed by atoms with Gasteiger partial charge in [-0.1, -0.05) is 29.3 Å². The van der Waals surface area contributed by atoms with Gasteiger partial charge in [0.25, 0.3) is 5.91 Å². The summed E-state index contributed by atoms with van der Waals surface area (Å²) in [5, 5.41) is 17.8. The molecule has 0 aliphatic heterocycles. The highest BCUT2D eigenvalue weighted by atomic mass is 35.5. The zero-order valence-corrected chi connectivity index (χ0v) is 16.3. The van der Waals surface area contributed by atoms with E-state index in [1.54, 1.807) is 38.3 Å². The second-order valence-electron chi connectivity index (χ2n) is 5.78. The van der Waals surface area contributed by atoms with Crippen LogP contribution in [0.4, 0.5) is 0 Å². The van der Waals surface area contributed by atoms with Crippen molar-refractivity contribution in [3.63, 3.8) is 0 Å².